The van der Waals surface area contributed by atoms with Gasteiger partial charge in [-0.15, -0.1) is 0 Å². The number of rotatable bonds is 2. The molecule has 1 aromatic carbocycles. The number of ether oxygens (including phenoxy) is 1. The van der Waals surface area contributed by atoms with Crippen molar-refractivity contribution in [2.45, 2.75) is 25.4 Å². The van der Waals surface area contributed by atoms with Gasteiger partial charge >= 0.3 is 0 Å². The Labute approximate surface area is 169 Å². The van der Waals surface area contributed by atoms with E-state index in [9.17, 15) is 14.4 Å². The van der Waals surface area contributed by atoms with Crippen molar-refractivity contribution in [3.63, 3.8) is 0 Å². The Bertz CT molecular complexity index is 1020. The third-order valence-corrected chi connectivity index (χ3v) is 6.40. The Morgan fingerprint density at radius 3 is 2.45 bits per heavy atom. The predicted octanol–water partition coefficient (Wildman–Crippen LogP) is 1.03. The number of piperidine rings is 2. The van der Waals surface area contributed by atoms with Gasteiger partial charge in [-0.05, 0) is 25.3 Å². The molecule has 8 nitrogen and oxygen atoms in total. The van der Waals surface area contributed by atoms with Gasteiger partial charge in [-0.2, -0.15) is 5.10 Å². The molecule has 2 fully saturated rings. The van der Waals surface area contributed by atoms with Gasteiger partial charge in [0.25, 0.3) is 11.5 Å². The van der Waals surface area contributed by atoms with Crippen LogP contribution in [0.3, 0.4) is 0 Å². The number of hydrogen-bond donors (Lipinski definition) is 0. The standard InChI is InChI=1S/C21H26N4O4/c1-23-13-14(29-3)12-21(20(23)28)8-10-25(11-9-21)19(27)17-15-6-4-5-7-16(15)18(26)24(2)22-17/h4-7,14H,8-13H2,1-3H3. The first-order chi connectivity index (χ1) is 13.9. The molecule has 154 valence electrons. The number of aryl methyl sites for hydroxylation is 1. The van der Waals surface area contributed by atoms with E-state index in [0.717, 1.165) is 0 Å². The van der Waals surface area contributed by atoms with Crippen LogP contribution < -0.4 is 5.56 Å². The monoisotopic (exact) mass is 398 g/mol. The Hall–Kier alpha value is -2.74. The van der Waals surface area contributed by atoms with Crippen molar-refractivity contribution in [1.82, 2.24) is 19.6 Å². The maximum atomic E-state index is 13.2. The van der Waals surface area contributed by atoms with Crippen molar-refractivity contribution in [1.29, 1.82) is 0 Å². The molecule has 4 rings (SSSR count). The molecule has 8 heteroatoms. The third kappa shape index (κ3) is 3.21. The lowest BCUT2D eigenvalue weighted by Crippen LogP contribution is -2.57. The Morgan fingerprint density at radius 2 is 1.79 bits per heavy atom. The minimum atomic E-state index is -0.469. The number of benzene rings is 1. The second kappa shape index (κ2) is 7.26. The normalized spacial score (nSPS) is 21.8. The largest absolute Gasteiger partial charge is 0.380 e. The molecule has 2 saturated heterocycles. The molecule has 1 aromatic heterocycles. The topological polar surface area (TPSA) is 84.7 Å². The molecular weight excluding hydrogens is 372 g/mol. The van der Waals surface area contributed by atoms with Gasteiger partial charge in [0.05, 0.1) is 16.9 Å². The van der Waals surface area contributed by atoms with E-state index in [4.69, 9.17) is 4.74 Å². The van der Waals surface area contributed by atoms with E-state index in [1.54, 1.807) is 48.2 Å². The number of hydrogen-bond acceptors (Lipinski definition) is 5. The number of carbonyl (C=O) groups excluding carboxylic acids is 2. The highest BCUT2D eigenvalue weighted by Crippen LogP contribution is 2.41. The van der Waals surface area contributed by atoms with E-state index in [2.05, 4.69) is 5.10 Å². The van der Waals surface area contributed by atoms with Gasteiger partial charge < -0.3 is 14.5 Å². The molecule has 1 spiro atoms. The SMILES string of the molecule is COC1CN(C)C(=O)C2(CCN(C(=O)c3nn(C)c(=O)c4ccccc34)CC2)C1. The van der Waals surface area contributed by atoms with E-state index < -0.39 is 5.41 Å². The smallest absolute Gasteiger partial charge is 0.274 e. The van der Waals surface area contributed by atoms with Crippen LogP contribution in [0.2, 0.25) is 0 Å². The van der Waals surface area contributed by atoms with Gasteiger partial charge in [-0.1, -0.05) is 18.2 Å². The van der Waals surface area contributed by atoms with Crippen LogP contribution in [0, 0.1) is 5.41 Å². The van der Waals surface area contributed by atoms with Crippen molar-refractivity contribution >= 4 is 22.6 Å². The van der Waals surface area contributed by atoms with Crippen LogP contribution in [-0.4, -0.2) is 71.3 Å². The van der Waals surface area contributed by atoms with Crippen molar-refractivity contribution in [3.8, 4) is 0 Å². The van der Waals surface area contributed by atoms with Crippen molar-refractivity contribution in [2.24, 2.45) is 12.5 Å². The summed E-state index contributed by atoms with van der Waals surface area (Å²) in [6.45, 7) is 1.56. The molecule has 2 aliphatic rings. The average molecular weight is 398 g/mol. The first-order valence-corrected chi connectivity index (χ1v) is 9.90. The number of amides is 2. The van der Waals surface area contributed by atoms with Crippen LogP contribution in [0.5, 0.6) is 0 Å². The number of likely N-dealkylation sites (tertiary alicyclic amines) is 2. The van der Waals surface area contributed by atoms with E-state index in [-0.39, 0.29) is 29.2 Å². The van der Waals surface area contributed by atoms with Gasteiger partial charge in [0.15, 0.2) is 5.69 Å². The van der Waals surface area contributed by atoms with Gasteiger partial charge in [-0.25, -0.2) is 4.68 Å². The van der Waals surface area contributed by atoms with Crippen LogP contribution in [0.15, 0.2) is 29.1 Å². The van der Waals surface area contributed by atoms with Crippen LogP contribution >= 0.6 is 0 Å². The summed E-state index contributed by atoms with van der Waals surface area (Å²) < 4.78 is 6.75. The summed E-state index contributed by atoms with van der Waals surface area (Å²) in [5.74, 6) is -0.0601. The second-order valence-corrected chi connectivity index (χ2v) is 8.14. The van der Waals surface area contributed by atoms with Crippen molar-refractivity contribution in [3.05, 3.63) is 40.3 Å². The highest BCUT2D eigenvalue weighted by atomic mass is 16.5. The number of carbonyl (C=O) groups is 2. The molecule has 1 unspecified atom stereocenters. The highest BCUT2D eigenvalue weighted by molar-refractivity contribution is 6.04. The average Bonchev–Trinajstić information content (AvgIpc) is 2.74. The molecule has 2 amide bonds. The van der Waals surface area contributed by atoms with Crippen LogP contribution in [0.4, 0.5) is 0 Å². The van der Waals surface area contributed by atoms with Crippen molar-refractivity contribution in [2.75, 3.05) is 33.8 Å². The maximum absolute atomic E-state index is 13.2. The van der Waals surface area contributed by atoms with Crippen LogP contribution in [-0.2, 0) is 16.6 Å². The third-order valence-electron chi connectivity index (χ3n) is 6.40. The molecule has 2 aliphatic heterocycles. The van der Waals surface area contributed by atoms with E-state index in [0.29, 0.717) is 49.7 Å². The Kier molecular flexibility index (Phi) is 4.90. The summed E-state index contributed by atoms with van der Waals surface area (Å²) >= 11 is 0. The number of aromatic nitrogens is 2. The highest BCUT2D eigenvalue weighted by Gasteiger charge is 2.48. The molecule has 0 bridgehead atoms. The van der Waals surface area contributed by atoms with Gasteiger partial charge in [-0.3, -0.25) is 14.4 Å². The second-order valence-electron chi connectivity index (χ2n) is 8.14. The maximum Gasteiger partial charge on any atom is 0.274 e. The molecule has 0 N–H and O–H groups in total. The zero-order valence-electron chi connectivity index (χ0n) is 17.1. The van der Waals surface area contributed by atoms with Gasteiger partial charge in [0, 0.05) is 46.2 Å². The fourth-order valence-corrected chi connectivity index (χ4v) is 4.70. The lowest BCUT2D eigenvalue weighted by molar-refractivity contribution is -0.155. The summed E-state index contributed by atoms with van der Waals surface area (Å²) in [5.41, 5.74) is -0.416. The molecule has 0 aliphatic carbocycles. The van der Waals surface area contributed by atoms with Gasteiger partial charge in [0.1, 0.15) is 0 Å². The quantitative estimate of drug-likeness (QED) is 0.755. The number of methoxy groups -OCH3 is 1. The van der Waals surface area contributed by atoms with E-state index >= 15 is 0 Å². The van der Waals surface area contributed by atoms with Gasteiger partial charge in [0.2, 0.25) is 5.91 Å². The summed E-state index contributed by atoms with van der Waals surface area (Å²) in [4.78, 5) is 41.9. The Balaban J connectivity index is 1.59. The lowest BCUT2D eigenvalue weighted by atomic mass is 9.71. The zero-order valence-corrected chi connectivity index (χ0v) is 17.1. The Morgan fingerprint density at radius 1 is 1.14 bits per heavy atom. The number of likely N-dealkylation sites (N-methyl/N-ethyl adjacent to an activating group) is 1. The van der Waals surface area contributed by atoms with Crippen molar-refractivity contribution < 1.29 is 14.3 Å². The number of nitrogens with zero attached hydrogens (tertiary/aromatic N) is 4. The minimum absolute atomic E-state index is 0.0224. The van der Waals surface area contributed by atoms with E-state index in [1.165, 1.54) is 4.68 Å². The molecule has 2 aromatic rings. The van der Waals surface area contributed by atoms with Crippen LogP contribution in [0.25, 0.3) is 10.8 Å². The molecule has 29 heavy (non-hydrogen) atoms. The number of fused-ring (bicyclic) bond motifs is 1. The lowest BCUT2D eigenvalue weighted by Gasteiger charge is -2.47. The molecule has 3 heterocycles. The molecule has 0 saturated carbocycles. The molecular formula is C21H26N4O4. The summed E-state index contributed by atoms with van der Waals surface area (Å²) in [6, 6.07) is 7.04. The first kappa shape index (κ1) is 19.6. The molecule has 0 radical (unpaired) electrons. The van der Waals surface area contributed by atoms with Crippen LogP contribution in [0.1, 0.15) is 29.8 Å². The minimum Gasteiger partial charge on any atom is -0.380 e. The first-order valence-electron chi connectivity index (χ1n) is 9.90. The molecule has 1 atom stereocenters. The fourth-order valence-electron chi connectivity index (χ4n) is 4.70. The van der Waals surface area contributed by atoms with E-state index in [1.807, 2.05) is 7.05 Å². The summed E-state index contributed by atoms with van der Waals surface area (Å²) in [7, 11) is 5.04. The summed E-state index contributed by atoms with van der Waals surface area (Å²) in [5, 5.41) is 5.29. The predicted molar refractivity (Wildman–Crippen MR) is 108 cm³/mol. The summed E-state index contributed by atoms with van der Waals surface area (Å²) in [6.07, 6.45) is 1.92. The zero-order chi connectivity index (χ0) is 20.8. The fraction of sp³-hybridized carbons (Fsp3) is 0.524.